The van der Waals surface area contributed by atoms with E-state index in [4.69, 9.17) is 11.6 Å². The van der Waals surface area contributed by atoms with E-state index in [0.29, 0.717) is 4.88 Å². The van der Waals surface area contributed by atoms with Gasteiger partial charge in [-0.1, -0.05) is 22.9 Å². The Balaban J connectivity index is 2.17. The number of aryl methyl sites for hydroxylation is 1. The van der Waals surface area contributed by atoms with Crippen molar-refractivity contribution in [2.75, 3.05) is 11.9 Å². The number of rotatable bonds is 4. The van der Waals surface area contributed by atoms with E-state index in [1.54, 1.807) is 11.3 Å². The van der Waals surface area contributed by atoms with Crippen molar-refractivity contribution in [1.29, 1.82) is 0 Å². The molecule has 2 aromatic rings. The minimum absolute atomic E-state index is 0.271. The zero-order valence-corrected chi connectivity index (χ0v) is 11.7. The highest BCUT2D eigenvalue weighted by Gasteiger charge is 2.13. The third-order valence-electron chi connectivity index (χ3n) is 2.26. The van der Waals surface area contributed by atoms with Crippen LogP contribution >= 0.6 is 34.3 Å². The highest BCUT2D eigenvalue weighted by atomic mass is 35.5. The number of nitrogens with zero attached hydrogens (tertiary/aromatic N) is 3. The fourth-order valence-corrected chi connectivity index (χ4v) is 3.15. The molecule has 0 saturated heterocycles. The van der Waals surface area contributed by atoms with Crippen LogP contribution in [0, 0.1) is 6.92 Å². The van der Waals surface area contributed by atoms with Gasteiger partial charge in [0.2, 0.25) is 0 Å². The topological polar surface area (TPSA) is 46.1 Å². The van der Waals surface area contributed by atoms with Gasteiger partial charge in [-0.25, -0.2) is 9.97 Å². The van der Waals surface area contributed by atoms with Gasteiger partial charge in [-0.2, -0.15) is 0 Å². The van der Waals surface area contributed by atoms with Gasteiger partial charge in [-0.3, -0.25) is 4.79 Å². The fourth-order valence-electron chi connectivity index (χ4n) is 1.30. The average molecular weight is 288 g/mol. The summed E-state index contributed by atoms with van der Waals surface area (Å²) in [5.74, 6) is 0. The zero-order valence-electron chi connectivity index (χ0n) is 9.31. The Morgan fingerprint density at radius 2 is 2.35 bits per heavy atom. The monoisotopic (exact) mass is 287 g/mol. The molecule has 0 spiro atoms. The van der Waals surface area contributed by atoms with Gasteiger partial charge >= 0.3 is 0 Å². The Bertz CT molecular complexity index is 537. The van der Waals surface area contributed by atoms with Crippen molar-refractivity contribution in [3.63, 3.8) is 0 Å². The van der Waals surface area contributed by atoms with Crippen molar-refractivity contribution >= 4 is 45.7 Å². The molecule has 0 aliphatic carbocycles. The van der Waals surface area contributed by atoms with Gasteiger partial charge in [0.15, 0.2) is 16.6 Å². The molecule has 0 bridgehead atoms. The molecule has 2 rings (SSSR count). The lowest BCUT2D eigenvalue weighted by molar-refractivity contribution is 0.112. The van der Waals surface area contributed by atoms with Crippen LogP contribution in [0.1, 0.15) is 20.2 Å². The first-order chi connectivity index (χ1) is 8.11. The summed E-state index contributed by atoms with van der Waals surface area (Å²) in [5.41, 5.74) is 2.85. The maximum Gasteiger partial charge on any atom is 0.187 e. The number of hydrogen-bond donors (Lipinski definition) is 0. The van der Waals surface area contributed by atoms with E-state index in [1.807, 2.05) is 24.4 Å². The summed E-state index contributed by atoms with van der Waals surface area (Å²) in [6, 6.07) is 0. The van der Waals surface area contributed by atoms with Gasteiger partial charge in [0.25, 0.3) is 0 Å². The first kappa shape index (κ1) is 12.5. The fraction of sp³-hybridized carbons (Fsp3) is 0.300. The highest BCUT2D eigenvalue weighted by Crippen LogP contribution is 2.29. The second-order valence-electron chi connectivity index (χ2n) is 3.49. The largest absolute Gasteiger partial charge is 0.346 e. The van der Waals surface area contributed by atoms with Gasteiger partial charge in [0, 0.05) is 11.9 Å². The van der Waals surface area contributed by atoms with Gasteiger partial charge in [0.05, 0.1) is 17.7 Å². The lowest BCUT2D eigenvalue weighted by Crippen LogP contribution is -2.15. The Labute approximate surface area is 112 Å². The van der Waals surface area contributed by atoms with Crippen LogP contribution in [0.2, 0.25) is 5.15 Å². The van der Waals surface area contributed by atoms with Crippen LogP contribution in [-0.2, 0) is 6.54 Å². The molecule has 0 aliphatic heterocycles. The van der Waals surface area contributed by atoms with Crippen LogP contribution in [0.5, 0.6) is 0 Å². The molecule has 0 fully saturated rings. The van der Waals surface area contributed by atoms with Crippen molar-refractivity contribution in [3.8, 4) is 0 Å². The van der Waals surface area contributed by atoms with E-state index in [0.717, 1.165) is 23.7 Å². The third kappa shape index (κ3) is 2.65. The predicted molar refractivity (Wildman–Crippen MR) is 71.5 cm³/mol. The van der Waals surface area contributed by atoms with Crippen LogP contribution in [0.4, 0.5) is 5.13 Å². The molecule has 90 valence electrons. The SMILES string of the molecule is Cc1ncsc1CN(C)c1nc(Cl)c(C=O)s1. The second-order valence-corrected chi connectivity index (χ2v) is 5.79. The lowest BCUT2D eigenvalue weighted by Gasteiger charge is -2.14. The van der Waals surface area contributed by atoms with Crippen LogP contribution in [0.25, 0.3) is 0 Å². The summed E-state index contributed by atoms with van der Waals surface area (Å²) in [4.78, 5) is 22.7. The quantitative estimate of drug-likeness (QED) is 0.811. The number of hydrogen-bond acceptors (Lipinski definition) is 6. The van der Waals surface area contributed by atoms with Gasteiger partial charge in [0.1, 0.15) is 4.88 Å². The molecule has 0 radical (unpaired) electrons. The molecule has 7 heteroatoms. The first-order valence-corrected chi connectivity index (χ1v) is 6.91. The van der Waals surface area contributed by atoms with E-state index >= 15 is 0 Å². The van der Waals surface area contributed by atoms with Crippen molar-refractivity contribution in [2.24, 2.45) is 0 Å². The maximum atomic E-state index is 10.7. The number of halogens is 1. The molecule has 0 aromatic carbocycles. The van der Waals surface area contributed by atoms with Crippen molar-refractivity contribution in [2.45, 2.75) is 13.5 Å². The van der Waals surface area contributed by atoms with Gasteiger partial charge in [-0.05, 0) is 6.92 Å². The number of carbonyl (C=O) groups is 1. The summed E-state index contributed by atoms with van der Waals surface area (Å²) in [6.07, 6.45) is 0.731. The summed E-state index contributed by atoms with van der Waals surface area (Å²) in [5, 5.41) is 1.01. The lowest BCUT2D eigenvalue weighted by atomic mass is 10.4. The van der Waals surface area contributed by atoms with Crippen LogP contribution in [0.15, 0.2) is 5.51 Å². The Hall–Kier alpha value is -0.980. The number of aromatic nitrogens is 2. The Morgan fingerprint density at radius 1 is 1.59 bits per heavy atom. The molecule has 2 aromatic heterocycles. The van der Waals surface area contributed by atoms with Gasteiger partial charge in [-0.15, -0.1) is 11.3 Å². The number of thiazole rings is 2. The molecule has 4 nitrogen and oxygen atoms in total. The normalized spacial score (nSPS) is 10.5. The van der Waals surface area contributed by atoms with Crippen molar-refractivity contribution < 1.29 is 4.79 Å². The van der Waals surface area contributed by atoms with Crippen molar-refractivity contribution in [1.82, 2.24) is 9.97 Å². The van der Waals surface area contributed by atoms with E-state index in [1.165, 1.54) is 16.2 Å². The Kier molecular flexibility index (Phi) is 3.76. The summed E-state index contributed by atoms with van der Waals surface area (Å²) in [6.45, 7) is 2.70. The second kappa shape index (κ2) is 5.12. The highest BCUT2D eigenvalue weighted by molar-refractivity contribution is 7.17. The van der Waals surface area contributed by atoms with Crippen LogP contribution in [-0.4, -0.2) is 23.3 Å². The predicted octanol–water partition coefficient (Wildman–Crippen LogP) is 3.01. The molecule has 0 unspecified atom stereocenters. The molecule has 0 saturated carbocycles. The maximum absolute atomic E-state index is 10.7. The smallest absolute Gasteiger partial charge is 0.187 e. The molecular weight excluding hydrogens is 278 g/mol. The molecule has 17 heavy (non-hydrogen) atoms. The van der Waals surface area contributed by atoms with E-state index < -0.39 is 0 Å². The molecule has 0 amide bonds. The number of anilines is 1. The summed E-state index contributed by atoms with van der Waals surface area (Å²) < 4.78 is 0. The first-order valence-electron chi connectivity index (χ1n) is 4.83. The number of carbonyl (C=O) groups excluding carboxylic acids is 1. The van der Waals surface area contributed by atoms with Crippen LogP contribution < -0.4 is 4.90 Å². The minimum atomic E-state index is 0.271. The minimum Gasteiger partial charge on any atom is -0.346 e. The summed E-state index contributed by atoms with van der Waals surface area (Å²) >= 11 is 8.74. The molecule has 0 atom stereocenters. The standard InChI is InChI=1S/C10H10ClN3OS2/c1-6-7(16-5-12-6)3-14(2)10-13-9(11)8(4-15)17-10/h4-5H,3H2,1-2H3. The van der Waals surface area contributed by atoms with Gasteiger partial charge < -0.3 is 4.90 Å². The molecule has 0 aliphatic rings. The molecular formula is C10H10ClN3OS2. The van der Waals surface area contributed by atoms with Crippen molar-refractivity contribution in [3.05, 3.63) is 26.1 Å². The van der Waals surface area contributed by atoms with E-state index in [2.05, 4.69) is 9.97 Å². The number of aldehydes is 1. The van der Waals surface area contributed by atoms with Crippen LogP contribution in [0.3, 0.4) is 0 Å². The third-order valence-corrected chi connectivity index (χ3v) is 4.67. The van der Waals surface area contributed by atoms with E-state index in [-0.39, 0.29) is 5.15 Å². The average Bonchev–Trinajstić information content (AvgIpc) is 2.86. The molecule has 2 heterocycles. The molecule has 0 N–H and O–H groups in total. The zero-order chi connectivity index (χ0) is 12.4. The summed E-state index contributed by atoms with van der Waals surface area (Å²) in [7, 11) is 1.92. The van der Waals surface area contributed by atoms with E-state index in [9.17, 15) is 4.79 Å². The Morgan fingerprint density at radius 3 is 2.88 bits per heavy atom.